The average molecular weight is 277 g/mol. The van der Waals surface area contributed by atoms with Gasteiger partial charge in [0.25, 0.3) is 0 Å². The van der Waals surface area contributed by atoms with Crippen LogP contribution in [0.15, 0.2) is 28.8 Å². The number of aromatic nitrogens is 2. The van der Waals surface area contributed by atoms with E-state index in [0.717, 1.165) is 13.0 Å². The summed E-state index contributed by atoms with van der Waals surface area (Å²) in [4.78, 5) is 4.31. The predicted molar refractivity (Wildman–Crippen MR) is 75.0 cm³/mol. The van der Waals surface area contributed by atoms with Crippen LogP contribution in [0, 0.1) is 5.82 Å². The van der Waals surface area contributed by atoms with Gasteiger partial charge >= 0.3 is 0 Å². The van der Waals surface area contributed by atoms with Crippen molar-refractivity contribution in [3.8, 4) is 0 Å². The summed E-state index contributed by atoms with van der Waals surface area (Å²) in [5.74, 6) is 0.872. The van der Waals surface area contributed by atoms with Crippen molar-refractivity contribution in [3.63, 3.8) is 0 Å². The van der Waals surface area contributed by atoms with Crippen LogP contribution in [0.1, 0.15) is 37.5 Å². The first-order chi connectivity index (χ1) is 9.69. The SMILES string of the molecule is CCCNC(C)Cc1nc(Cc2ccccc2F)no1. The van der Waals surface area contributed by atoms with Crippen molar-refractivity contribution >= 4 is 0 Å². The molecule has 4 nitrogen and oxygen atoms in total. The molecule has 2 aromatic rings. The fraction of sp³-hybridized carbons (Fsp3) is 0.467. The molecule has 0 aliphatic carbocycles. The van der Waals surface area contributed by atoms with E-state index < -0.39 is 0 Å². The van der Waals surface area contributed by atoms with E-state index in [1.165, 1.54) is 6.07 Å². The van der Waals surface area contributed by atoms with E-state index in [1.54, 1.807) is 18.2 Å². The minimum atomic E-state index is -0.239. The van der Waals surface area contributed by atoms with Crippen LogP contribution in [0.2, 0.25) is 0 Å². The fourth-order valence-electron chi connectivity index (χ4n) is 1.98. The van der Waals surface area contributed by atoms with Crippen LogP contribution in [-0.2, 0) is 12.8 Å². The summed E-state index contributed by atoms with van der Waals surface area (Å²) in [6, 6.07) is 6.93. The highest BCUT2D eigenvalue weighted by Crippen LogP contribution is 2.11. The smallest absolute Gasteiger partial charge is 0.228 e. The lowest BCUT2D eigenvalue weighted by molar-refractivity contribution is 0.358. The zero-order valence-electron chi connectivity index (χ0n) is 11.9. The Hall–Kier alpha value is -1.75. The molecule has 1 aromatic carbocycles. The fourth-order valence-corrected chi connectivity index (χ4v) is 1.98. The van der Waals surface area contributed by atoms with Gasteiger partial charge in [-0.1, -0.05) is 30.3 Å². The lowest BCUT2D eigenvalue weighted by atomic mass is 10.1. The number of hydrogen-bond acceptors (Lipinski definition) is 4. The maximum Gasteiger partial charge on any atom is 0.228 e. The largest absolute Gasteiger partial charge is 0.339 e. The van der Waals surface area contributed by atoms with E-state index in [1.807, 2.05) is 0 Å². The Kier molecular flexibility index (Phi) is 5.24. The van der Waals surface area contributed by atoms with Gasteiger partial charge in [0.15, 0.2) is 5.82 Å². The van der Waals surface area contributed by atoms with Gasteiger partial charge in [-0.05, 0) is 31.5 Å². The third-order valence-electron chi connectivity index (χ3n) is 3.04. The Morgan fingerprint density at radius 3 is 2.90 bits per heavy atom. The van der Waals surface area contributed by atoms with Gasteiger partial charge in [-0.25, -0.2) is 4.39 Å². The molecule has 5 heteroatoms. The number of halogens is 1. The summed E-state index contributed by atoms with van der Waals surface area (Å²) >= 11 is 0. The first-order valence-corrected chi connectivity index (χ1v) is 6.97. The van der Waals surface area contributed by atoms with Crippen LogP contribution in [0.5, 0.6) is 0 Å². The Labute approximate surface area is 118 Å². The molecule has 1 heterocycles. The number of hydrogen-bond donors (Lipinski definition) is 1. The Morgan fingerprint density at radius 2 is 2.15 bits per heavy atom. The number of nitrogens with zero attached hydrogens (tertiary/aromatic N) is 2. The summed E-state index contributed by atoms with van der Waals surface area (Å²) in [5, 5.41) is 7.27. The van der Waals surface area contributed by atoms with Gasteiger partial charge in [-0.2, -0.15) is 4.98 Å². The van der Waals surface area contributed by atoms with E-state index in [2.05, 4.69) is 29.3 Å². The molecule has 0 bridgehead atoms. The molecule has 0 radical (unpaired) electrons. The molecule has 0 spiro atoms. The molecule has 20 heavy (non-hydrogen) atoms. The van der Waals surface area contributed by atoms with E-state index in [4.69, 9.17) is 4.52 Å². The molecule has 1 unspecified atom stereocenters. The van der Waals surface area contributed by atoms with Crippen molar-refractivity contribution in [1.29, 1.82) is 0 Å². The van der Waals surface area contributed by atoms with Gasteiger partial charge in [-0.15, -0.1) is 0 Å². The van der Waals surface area contributed by atoms with E-state index >= 15 is 0 Å². The zero-order valence-corrected chi connectivity index (χ0v) is 11.9. The van der Waals surface area contributed by atoms with Gasteiger partial charge in [0, 0.05) is 18.9 Å². The molecule has 1 aromatic heterocycles. The number of rotatable bonds is 7. The van der Waals surface area contributed by atoms with E-state index in [-0.39, 0.29) is 11.9 Å². The van der Waals surface area contributed by atoms with Gasteiger partial charge in [-0.3, -0.25) is 0 Å². The van der Waals surface area contributed by atoms with Crippen LogP contribution >= 0.6 is 0 Å². The van der Waals surface area contributed by atoms with Crippen LogP contribution in [0.4, 0.5) is 4.39 Å². The number of nitrogens with one attached hydrogen (secondary N) is 1. The number of benzene rings is 1. The second-order valence-corrected chi connectivity index (χ2v) is 4.93. The van der Waals surface area contributed by atoms with Gasteiger partial charge in [0.2, 0.25) is 5.89 Å². The molecule has 1 N–H and O–H groups in total. The first-order valence-electron chi connectivity index (χ1n) is 6.97. The minimum Gasteiger partial charge on any atom is -0.339 e. The second kappa shape index (κ2) is 7.14. The Balaban J connectivity index is 1.94. The van der Waals surface area contributed by atoms with Crippen LogP contribution in [0.25, 0.3) is 0 Å². The summed E-state index contributed by atoms with van der Waals surface area (Å²) in [6.45, 7) is 5.17. The van der Waals surface area contributed by atoms with Crippen LogP contribution in [0.3, 0.4) is 0 Å². The van der Waals surface area contributed by atoms with Crippen molar-refractivity contribution in [1.82, 2.24) is 15.5 Å². The minimum absolute atomic E-state index is 0.239. The summed E-state index contributed by atoms with van der Waals surface area (Å²) < 4.78 is 18.7. The molecule has 1 atom stereocenters. The third-order valence-corrected chi connectivity index (χ3v) is 3.04. The normalized spacial score (nSPS) is 12.6. The molecule has 0 saturated heterocycles. The molecule has 0 aliphatic heterocycles. The van der Waals surface area contributed by atoms with Crippen LogP contribution in [-0.4, -0.2) is 22.7 Å². The van der Waals surface area contributed by atoms with Crippen molar-refractivity contribution in [2.75, 3.05) is 6.54 Å². The highest BCUT2D eigenvalue weighted by Gasteiger charge is 2.12. The molecular weight excluding hydrogens is 257 g/mol. The maximum absolute atomic E-state index is 13.5. The second-order valence-electron chi connectivity index (χ2n) is 4.93. The summed E-state index contributed by atoms with van der Waals surface area (Å²) in [5.41, 5.74) is 0.581. The van der Waals surface area contributed by atoms with Crippen molar-refractivity contribution in [2.45, 2.75) is 39.2 Å². The lowest BCUT2D eigenvalue weighted by Gasteiger charge is -2.09. The molecule has 0 aliphatic rings. The summed E-state index contributed by atoms with van der Waals surface area (Å²) in [7, 11) is 0. The van der Waals surface area contributed by atoms with Crippen LogP contribution < -0.4 is 5.32 Å². The standard InChI is InChI=1S/C15H20FN3O/c1-3-8-17-11(2)9-15-18-14(19-20-15)10-12-6-4-5-7-13(12)16/h4-7,11,17H,3,8-10H2,1-2H3. The lowest BCUT2D eigenvalue weighted by Crippen LogP contribution is -2.28. The average Bonchev–Trinajstić information content (AvgIpc) is 2.86. The molecular formula is C15H20FN3O. The van der Waals surface area contributed by atoms with Gasteiger partial charge in [0.1, 0.15) is 5.82 Å². The van der Waals surface area contributed by atoms with Gasteiger partial charge < -0.3 is 9.84 Å². The molecule has 0 saturated carbocycles. The molecule has 0 fully saturated rings. The predicted octanol–water partition coefficient (Wildman–Crippen LogP) is 2.73. The highest BCUT2D eigenvalue weighted by atomic mass is 19.1. The molecule has 0 amide bonds. The van der Waals surface area contributed by atoms with Crippen molar-refractivity contribution in [3.05, 3.63) is 47.4 Å². The topological polar surface area (TPSA) is 51.0 Å². The van der Waals surface area contributed by atoms with Gasteiger partial charge in [0.05, 0.1) is 0 Å². The van der Waals surface area contributed by atoms with Crippen molar-refractivity contribution in [2.24, 2.45) is 0 Å². The van der Waals surface area contributed by atoms with E-state index in [9.17, 15) is 4.39 Å². The Morgan fingerprint density at radius 1 is 1.35 bits per heavy atom. The molecule has 2 rings (SSSR count). The molecule has 108 valence electrons. The summed E-state index contributed by atoms with van der Waals surface area (Å²) in [6.07, 6.45) is 2.13. The third kappa shape index (κ3) is 4.13. The van der Waals surface area contributed by atoms with Crippen molar-refractivity contribution < 1.29 is 8.91 Å². The quantitative estimate of drug-likeness (QED) is 0.845. The zero-order chi connectivity index (χ0) is 14.4. The monoisotopic (exact) mass is 277 g/mol. The first kappa shape index (κ1) is 14.7. The maximum atomic E-state index is 13.5. The Bertz CT molecular complexity index is 541. The van der Waals surface area contributed by atoms with E-state index in [0.29, 0.717) is 30.1 Å². The highest BCUT2D eigenvalue weighted by molar-refractivity contribution is 5.20.